The molecule has 2 rings (SSSR count). The second-order valence-corrected chi connectivity index (χ2v) is 4.87. The minimum atomic E-state index is 0.619. The van der Waals surface area contributed by atoms with Gasteiger partial charge in [-0.25, -0.2) is 0 Å². The van der Waals surface area contributed by atoms with Gasteiger partial charge in [0.2, 0.25) is 0 Å². The summed E-state index contributed by atoms with van der Waals surface area (Å²) in [4.78, 5) is 2.66. The second kappa shape index (κ2) is 5.28. The maximum Gasteiger partial charge on any atom is 0.0619 e. The lowest BCUT2D eigenvalue weighted by Gasteiger charge is -2.48. The molecule has 0 spiro atoms. The van der Waals surface area contributed by atoms with Crippen LogP contribution in [0.3, 0.4) is 0 Å². The van der Waals surface area contributed by atoms with Gasteiger partial charge in [0.15, 0.2) is 0 Å². The third-order valence-corrected chi connectivity index (χ3v) is 3.88. The SMILES string of the molecule is CCNCC1CCC1N1CCOCC1C. The summed E-state index contributed by atoms with van der Waals surface area (Å²) in [5.41, 5.74) is 0. The number of hydrogen-bond donors (Lipinski definition) is 1. The Kier molecular flexibility index (Phi) is 4.00. The number of morpholine rings is 1. The Hall–Kier alpha value is -0.120. The van der Waals surface area contributed by atoms with E-state index in [-0.39, 0.29) is 0 Å². The predicted octanol–water partition coefficient (Wildman–Crippen LogP) is 1.10. The first-order valence-corrected chi connectivity index (χ1v) is 6.37. The quantitative estimate of drug-likeness (QED) is 0.755. The zero-order chi connectivity index (χ0) is 10.7. The van der Waals surface area contributed by atoms with Gasteiger partial charge in [-0.05, 0) is 38.8 Å². The third kappa shape index (κ3) is 2.52. The van der Waals surface area contributed by atoms with Gasteiger partial charge in [-0.1, -0.05) is 6.92 Å². The molecule has 1 N–H and O–H groups in total. The highest BCUT2D eigenvalue weighted by molar-refractivity contribution is 4.92. The van der Waals surface area contributed by atoms with Crippen molar-refractivity contribution in [2.24, 2.45) is 5.92 Å². The maximum absolute atomic E-state index is 5.49. The molecule has 0 amide bonds. The molecule has 1 heterocycles. The normalized spacial score (nSPS) is 37.6. The highest BCUT2D eigenvalue weighted by Crippen LogP contribution is 2.33. The number of hydrogen-bond acceptors (Lipinski definition) is 3. The fourth-order valence-electron chi connectivity index (χ4n) is 2.79. The smallest absolute Gasteiger partial charge is 0.0619 e. The van der Waals surface area contributed by atoms with Crippen LogP contribution in [-0.4, -0.2) is 49.8 Å². The van der Waals surface area contributed by atoms with Crippen molar-refractivity contribution in [2.45, 2.75) is 38.8 Å². The van der Waals surface area contributed by atoms with Gasteiger partial charge in [0.25, 0.3) is 0 Å². The number of nitrogens with one attached hydrogen (secondary N) is 1. The largest absolute Gasteiger partial charge is 0.379 e. The third-order valence-electron chi connectivity index (χ3n) is 3.88. The number of ether oxygens (including phenoxy) is 1. The Morgan fingerprint density at radius 1 is 1.40 bits per heavy atom. The lowest BCUT2D eigenvalue weighted by atomic mass is 9.77. The van der Waals surface area contributed by atoms with Crippen molar-refractivity contribution < 1.29 is 4.74 Å². The minimum Gasteiger partial charge on any atom is -0.379 e. The summed E-state index contributed by atoms with van der Waals surface area (Å²) in [5.74, 6) is 0.880. The van der Waals surface area contributed by atoms with E-state index in [1.54, 1.807) is 0 Å². The fourth-order valence-corrected chi connectivity index (χ4v) is 2.79. The molecule has 1 saturated carbocycles. The summed E-state index contributed by atoms with van der Waals surface area (Å²) in [5, 5.41) is 3.48. The van der Waals surface area contributed by atoms with Crippen LogP contribution in [0.4, 0.5) is 0 Å². The standard InChI is InChI=1S/C12H24N2O/c1-3-13-8-11-4-5-12(11)14-6-7-15-9-10(14)2/h10-13H,3-9H2,1-2H3. The van der Waals surface area contributed by atoms with Gasteiger partial charge >= 0.3 is 0 Å². The maximum atomic E-state index is 5.49. The fraction of sp³-hybridized carbons (Fsp3) is 1.00. The molecule has 0 aromatic rings. The Bertz CT molecular complexity index is 198. The van der Waals surface area contributed by atoms with Crippen LogP contribution in [0.1, 0.15) is 26.7 Å². The van der Waals surface area contributed by atoms with Gasteiger partial charge < -0.3 is 10.1 Å². The van der Waals surface area contributed by atoms with Crippen LogP contribution in [0.2, 0.25) is 0 Å². The molecule has 0 bridgehead atoms. The van der Waals surface area contributed by atoms with Gasteiger partial charge in [0.05, 0.1) is 13.2 Å². The Morgan fingerprint density at radius 2 is 2.27 bits per heavy atom. The Morgan fingerprint density at radius 3 is 2.87 bits per heavy atom. The van der Waals surface area contributed by atoms with E-state index in [4.69, 9.17) is 4.74 Å². The summed E-state index contributed by atoms with van der Waals surface area (Å²) in [6, 6.07) is 1.44. The van der Waals surface area contributed by atoms with Crippen LogP contribution < -0.4 is 5.32 Å². The van der Waals surface area contributed by atoms with Crippen molar-refractivity contribution in [3.63, 3.8) is 0 Å². The molecule has 0 radical (unpaired) electrons. The van der Waals surface area contributed by atoms with Crippen LogP contribution in [0, 0.1) is 5.92 Å². The van der Waals surface area contributed by atoms with E-state index in [2.05, 4.69) is 24.1 Å². The van der Waals surface area contributed by atoms with E-state index in [9.17, 15) is 0 Å². The Balaban J connectivity index is 1.81. The van der Waals surface area contributed by atoms with Gasteiger partial charge in [-0.2, -0.15) is 0 Å². The average molecular weight is 212 g/mol. The highest BCUT2D eigenvalue weighted by Gasteiger charge is 2.37. The van der Waals surface area contributed by atoms with E-state index < -0.39 is 0 Å². The van der Waals surface area contributed by atoms with E-state index in [0.29, 0.717) is 6.04 Å². The van der Waals surface area contributed by atoms with Crippen molar-refractivity contribution in [1.82, 2.24) is 10.2 Å². The van der Waals surface area contributed by atoms with Gasteiger partial charge in [0, 0.05) is 18.6 Å². The summed E-state index contributed by atoms with van der Waals surface area (Å²) in [7, 11) is 0. The van der Waals surface area contributed by atoms with Crippen molar-refractivity contribution in [1.29, 1.82) is 0 Å². The second-order valence-electron chi connectivity index (χ2n) is 4.87. The van der Waals surface area contributed by atoms with E-state index >= 15 is 0 Å². The van der Waals surface area contributed by atoms with E-state index in [0.717, 1.165) is 38.3 Å². The molecule has 0 aromatic heterocycles. The minimum absolute atomic E-state index is 0.619. The lowest BCUT2D eigenvalue weighted by Crippen LogP contribution is -2.57. The molecular formula is C12H24N2O. The zero-order valence-electron chi connectivity index (χ0n) is 10.0. The van der Waals surface area contributed by atoms with Crippen LogP contribution >= 0.6 is 0 Å². The molecule has 2 fully saturated rings. The molecule has 1 aliphatic carbocycles. The molecule has 88 valence electrons. The van der Waals surface area contributed by atoms with E-state index in [1.807, 2.05) is 0 Å². The molecule has 3 nitrogen and oxygen atoms in total. The highest BCUT2D eigenvalue weighted by atomic mass is 16.5. The number of nitrogens with zero attached hydrogens (tertiary/aromatic N) is 1. The van der Waals surface area contributed by atoms with Gasteiger partial charge in [0.1, 0.15) is 0 Å². The summed E-state index contributed by atoms with van der Waals surface area (Å²) in [6.07, 6.45) is 2.79. The average Bonchev–Trinajstić information content (AvgIpc) is 2.20. The van der Waals surface area contributed by atoms with Crippen LogP contribution in [0.5, 0.6) is 0 Å². The van der Waals surface area contributed by atoms with Crippen molar-refractivity contribution in [2.75, 3.05) is 32.8 Å². The van der Waals surface area contributed by atoms with E-state index in [1.165, 1.54) is 19.4 Å². The van der Waals surface area contributed by atoms with Crippen molar-refractivity contribution in [3.8, 4) is 0 Å². The first-order chi connectivity index (χ1) is 7.33. The molecule has 0 aromatic carbocycles. The first kappa shape index (κ1) is 11.4. The first-order valence-electron chi connectivity index (χ1n) is 6.37. The summed E-state index contributed by atoms with van der Waals surface area (Å²) < 4.78 is 5.49. The number of rotatable bonds is 4. The van der Waals surface area contributed by atoms with Crippen LogP contribution in [0.15, 0.2) is 0 Å². The van der Waals surface area contributed by atoms with Gasteiger partial charge in [-0.3, -0.25) is 4.90 Å². The topological polar surface area (TPSA) is 24.5 Å². The molecule has 3 heteroatoms. The van der Waals surface area contributed by atoms with Crippen LogP contribution in [0.25, 0.3) is 0 Å². The van der Waals surface area contributed by atoms with Crippen LogP contribution in [-0.2, 0) is 4.74 Å². The molecule has 2 aliphatic rings. The molecular weight excluding hydrogens is 188 g/mol. The molecule has 1 aliphatic heterocycles. The summed E-state index contributed by atoms with van der Waals surface area (Å²) >= 11 is 0. The Labute approximate surface area is 93.2 Å². The molecule has 1 saturated heterocycles. The lowest BCUT2D eigenvalue weighted by molar-refractivity contribution is -0.0587. The van der Waals surface area contributed by atoms with Crippen molar-refractivity contribution in [3.05, 3.63) is 0 Å². The summed E-state index contributed by atoms with van der Waals surface area (Å²) in [6.45, 7) is 9.76. The monoisotopic (exact) mass is 212 g/mol. The molecule has 3 atom stereocenters. The zero-order valence-corrected chi connectivity index (χ0v) is 10.0. The predicted molar refractivity (Wildman–Crippen MR) is 62.0 cm³/mol. The van der Waals surface area contributed by atoms with Gasteiger partial charge in [-0.15, -0.1) is 0 Å². The molecule has 3 unspecified atom stereocenters. The van der Waals surface area contributed by atoms with Crippen molar-refractivity contribution >= 4 is 0 Å². The molecule has 15 heavy (non-hydrogen) atoms.